The molecule has 0 aliphatic carbocycles. The van der Waals surface area contributed by atoms with Gasteiger partial charge in [0.1, 0.15) is 0 Å². The number of nitrogens with one attached hydrogen (secondary N) is 3. The van der Waals surface area contributed by atoms with Crippen LogP contribution in [0.15, 0.2) is 42.5 Å². The van der Waals surface area contributed by atoms with Crippen molar-refractivity contribution in [2.45, 2.75) is 33.4 Å². The number of hydrogen-bond acceptors (Lipinski definition) is 3. The topological polar surface area (TPSA) is 79.5 Å². The van der Waals surface area contributed by atoms with Gasteiger partial charge in [-0.2, -0.15) is 0 Å². The highest BCUT2D eigenvalue weighted by Gasteiger charge is 2.07. The van der Waals surface area contributed by atoms with E-state index < -0.39 is 0 Å². The molecule has 6 nitrogen and oxygen atoms in total. The summed E-state index contributed by atoms with van der Waals surface area (Å²) in [5.41, 5.74) is 4.32. The van der Waals surface area contributed by atoms with Crippen molar-refractivity contribution in [2.24, 2.45) is 0 Å². The third-order valence-corrected chi connectivity index (χ3v) is 3.88. The Morgan fingerprint density at radius 3 is 2.35 bits per heavy atom. The first-order valence-corrected chi connectivity index (χ1v) is 8.54. The highest BCUT2D eigenvalue weighted by Crippen LogP contribution is 2.20. The Morgan fingerprint density at radius 1 is 1.00 bits per heavy atom. The lowest BCUT2D eigenvalue weighted by molar-refractivity contribution is -0.115. The second kappa shape index (κ2) is 9.58. The summed E-state index contributed by atoms with van der Waals surface area (Å²) in [6.45, 7) is 4.68. The number of anilines is 2. The number of rotatable bonds is 7. The van der Waals surface area contributed by atoms with E-state index in [1.54, 1.807) is 20.1 Å². The molecule has 0 unspecified atom stereocenters. The summed E-state index contributed by atoms with van der Waals surface area (Å²) in [5.74, 6) is -0.0684. The second-order valence-electron chi connectivity index (χ2n) is 5.99. The van der Waals surface area contributed by atoms with Crippen molar-refractivity contribution < 1.29 is 14.3 Å². The zero-order valence-electron chi connectivity index (χ0n) is 15.4. The monoisotopic (exact) mass is 355 g/mol. The number of amides is 3. The van der Waals surface area contributed by atoms with E-state index in [1.807, 2.05) is 43.3 Å². The fourth-order valence-electron chi connectivity index (χ4n) is 2.35. The van der Waals surface area contributed by atoms with Crippen molar-refractivity contribution in [3.05, 3.63) is 59.2 Å². The molecule has 0 radical (unpaired) electrons. The van der Waals surface area contributed by atoms with Gasteiger partial charge in [0.15, 0.2) is 0 Å². The minimum Gasteiger partial charge on any atom is -0.380 e. The van der Waals surface area contributed by atoms with E-state index in [0.717, 1.165) is 16.7 Å². The molecule has 138 valence electrons. The Morgan fingerprint density at radius 2 is 1.69 bits per heavy atom. The molecule has 0 saturated heterocycles. The molecule has 0 aliphatic rings. The molecule has 0 atom stereocenters. The van der Waals surface area contributed by atoms with Crippen molar-refractivity contribution in [1.82, 2.24) is 5.32 Å². The molecule has 0 aromatic heterocycles. The van der Waals surface area contributed by atoms with Gasteiger partial charge in [0.25, 0.3) is 0 Å². The molecule has 2 aromatic carbocycles. The number of benzene rings is 2. The van der Waals surface area contributed by atoms with Gasteiger partial charge >= 0.3 is 6.03 Å². The molecule has 0 saturated carbocycles. The fraction of sp³-hybridized carbons (Fsp3) is 0.300. The lowest BCUT2D eigenvalue weighted by Gasteiger charge is -2.12. The molecule has 3 N–H and O–H groups in total. The summed E-state index contributed by atoms with van der Waals surface area (Å²) < 4.78 is 5.08. The van der Waals surface area contributed by atoms with Crippen LogP contribution in [0.5, 0.6) is 0 Å². The number of carbonyl (C=O) groups is 2. The standard InChI is InChI=1S/C20H25N3O3/c1-4-19(24)22-17-10-5-14(2)18(11-17)23-20(25)21-12-15-6-8-16(9-7-15)13-26-3/h5-11H,4,12-13H2,1-3H3,(H,22,24)(H2,21,23,25). The Bertz CT molecular complexity index is 757. The van der Waals surface area contributed by atoms with Gasteiger partial charge in [-0.1, -0.05) is 37.3 Å². The molecule has 0 spiro atoms. The van der Waals surface area contributed by atoms with Crippen LogP contribution < -0.4 is 16.0 Å². The van der Waals surface area contributed by atoms with E-state index in [0.29, 0.717) is 30.9 Å². The zero-order valence-corrected chi connectivity index (χ0v) is 15.4. The lowest BCUT2D eigenvalue weighted by atomic mass is 10.1. The van der Waals surface area contributed by atoms with Crippen LogP contribution in [0.3, 0.4) is 0 Å². The maximum absolute atomic E-state index is 12.2. The molecule has 0 heterocycles. The zero-order chi connectivity index (χ0) is 18.9. The number of carbonyl (C=O) groups excluding carboxylic acids is 2. The minimum absolute atomic E-state index is 0.0684. The van der Waals surface area contributed by atoms with Crippen molar-refractivity contribution in [3.63, 3.8) is 0 Å². The number of ether oxygens (including phenoxy) is 1. The van der Waals surface area contributed by atoms with E-state index in [-0.39, 0.29) is 11.9 Å². The maximum atomic E-state index is 12.2. The SMILES string of the molecule is CCC(=O)Nc1ccc(C)c(NC(=O)NCc2ccc(COC)cc2)c1. The molecule has 6 heteroatoms. The van der Waals surface area contributed by atoms with Gasteiger partial charge in [0, 0.05) is 31.5 Å². The average molecular weight is 355 g/mol. The summed E-state index contributed by atoms with van der Waals surface area (Å²) in [6, 6.07) is 13.0. The smallest absolute Gasteiger partial charge is 0.319 e. The van der Waals surface area contributed by atoms with Gasteiger partial charge in [-0.25, -0.2) is 4.79 Å². The van der Waals surface area contributed by atoms with Gasteiger partial charge in [0.2, 0.25) is 5.91 Å². The van der Waals surface area contributed by atoms with E-state index >= 15 is 0 Å². The van der Waals surface area contributed by atoms with Crippen LogP contribution in [0, 0.1) is 6.92 Å². The number of aryl methyl sites for hydroxylation is 1. The van der Waals surface area contributed by atoms with Crippen molar-refractivity contribution >= 4 is 23.3 Å². The number of hydrogen-bond donors (Lipinski definition) is 3. The van der Waals surface area contributed by atoms with E-state index in [4.69, 9.17) is 4.74 Å². The van der Waals surface area contributed by atoms with Gasteiger partial charge in [-0.15, -0.1) is 0 Å². The van der Waals surface area contributed by atoms with E-state index in [2.05, 4.69) is 16.0 Å². The lowest BCUT2D eigenvalue weighted by Crippen LogP contribution is -2.28. The van der Waals surface area contributed by atoms with Crippen molar-refractivity contribution in [3.8, 4) is 0 Å². The quantitative estimate of drug-likeness (QED) is 0.706. The molecule has 3 amide bonds. The summed E-state index contributed by atoms with van der Waals surface area (Å²) in [6.07, 6.45) is 0.403. The van der Waals surface area contributed by atoms with Crippen LogP contribution in [0.25, 0.3) is 0 Å². The number of urea groups is 1. The first-order chi connectivity index (χ1) is 12.5. The predicted octanol–water partition coefficient (Wildman–Crippen LogP) is 3.81. The van der Waals surface area contributed by atoms with E-state index in [9.17, 15) is 9.59 Å². The molecule has 0 fully saturated rings. The molecular weight excluding hydrogens is 330 g/mol. The third-order valence-electron chi connectivity index (χ3n) is 3.88. The average Bonchev–Trinajstić information content (AvgIpc) is 2.64. The molecule has 0 aliphatic heterocycles. The van der Waals surface area contributed by atoms with E-state index in [1.165, 1.54) is 0 Å². The molecular formula is C20H25N3O3. The normalized spacial score (nSPS) is 10.3. The maximum Gasteiger partial charge on any atom is 0.319 e. The van der Waals surface area contributed by atoms with Crippen LogP contribution in [0.4, 0.5) is 16.2 Å². The summed E-state index contributed by atoms with van der Waals surface area (Å²) >= 11 is 0. The Labute approximate surface area is 153 Å². The number of methoxy groups -OCH3 is 1. The Kier molecular flexibility index (Phi) is 7.17. The minimum atomic E-state index is -0.298. The van der Waals surface area contributed by atoms with Crippen LogP contribution in [-0.2, 0) is 22.7 Å². The molecule has 26 heavy (non-hydrogen) atoms. The summed E-state index contributed by atoms with van der Waals surface area (Å²) in [5, 5.41) is 8.44. The van der Waals surface area contributed by atoms with Crippen LogP contribution >= 0.6 is 0 Å². The summed E-state index contributed by atoms with van der Waals surface area (Å²) in [4.78, 5) is 23.7. The van der Waals surface area contributed by atoms with Gasteiger partial charge in [-0.3, -0.25) is 4.79 Å². The van der Waals surface area contributed by atoms with Crippen molar-refractivity contribution in [2.75, 3.05) is 17.7 Å². The molecule has 2 rings (SSSR count). The van der Waals surface area contributed by atoms with Gasteiger partial charge < -0.3 is 20.7 Å². The molecule has 0 bridgehead atoms. The van der Waals surface area contributed by atoms with Gasteiger partial charge in [0.05, 0.1) is 6.61 Å². The van der Waals surface area contributed by atoms with Crippen LogP contribution in [0.1, 0.15) is 30.0 Å². The predicted molar refractivity (Wildman–Crippen MR) is 103 cm³/mol. The summed E-state index contributed by atoms with van der Waals surface area (Å²) in [7, 11) is 1.66. The van der Waals surface area contributed by atoms with Gasteiger partial charge in [-0.05, 0) is 35.7 Å². The third kappa shape index (κ3) is 5.89. The molecule has 2 aromatic rings. The Hall–Kier alpha value is -2.86. The fourth-order valence-corrected chi connectivity index (χ4v) is 2.35. The first kappa shape index (κ1) is 19.5. The largest absolute Gasteiger partial charge is 0.380 e. The Balaban J connectivity index is 1.92. The van der Waals surface area contributed by atoms with Crippen LogP contribution in [0.2, 0.25) is 0 Å². The first-order valence-electron chi connectivity index (χ1n) is 8.54. The highest BCUT2D eigenvalue weighted by molar-refractivity contribution is 5.94. The van der Waals surface area contributed by atoms with Crippen LogP contribution in [-0.4, -0.2) is 19.0 Å². The second-order valence-corrected chi connectivity index (χ2v) is 5.99. The van der Waals surface area contributed by atoms with Crippen molar-refractivity contribution in [1.29, 1.82) is 0 Å². The highest BCUT2D eigenvalue weighted by atomic mass is 16.5.